The van der Waals surface area contributed by atoms with Gasteiger partial charge in [0, 0.05) is 38.6 Å². The minimum absolute atomic E-state index is 0.289. The van der Waals surface area contributed by atoms with Gasteiger partial charge in [0.1, 0.15) is 0 Å². The number of rotatable bonds is 15. The van der Waals surface area contributed by atoms with Gasteiger partial charge >= 0.3 is 0 Å². The molecular weight excluding hydrogens is 368 g/mol. The van der Waals surface area contributed by atoms with Crippen LogP contribution in [-0.2, 0) is 4.79 Å². The number of hydrogen-bond donors (Lipinski definition) is 0. The highest BCUT2D eigenvalue weighted by Crippen LogP contribution is 2.41. The van der Waals surface area contributed by atoms with Gasteiger partial charge in [0.25, 0.3) is 0 Å². The summed E-state index contributed by atoms with van der Waals surface area (Å²) in [4.78, 5) is 18.2. The van der Waals surface area contributed by atoms with E-state index in [-0.39, 0.29) is 5.92 Å². The van der Waals surface area contributed by atoms with Crippen molar-refractivity contribution in [3.63, 3.8) is 0 Å². The van der Waals surface area contributed by atoms with Crippen molar-refractivity contribution in [3.05, 3.63) is 0 Å². The Morgan fingerprint density at radius 2 is 1.37 bits per heavy atom. The Morgan fingerprint density at radius 3 is 1.97 bits per heavy atom. The van der Waals surface area contributed by atoms with Gasteiger partial charge in [0.15, 0.2) is 0 Å². The summed E-state index contributed by atoms with van der Waals surface area (Å²) in [6, 6.07) is 0. The largest absolute Gasteiger partial charge is 0.342 e. The first-order chi connectivity index (χ1) is 14.6. The zero-order chi connectivity index (χ0) is 21.8. The lowest BCUT2D eigenvalue weighted by Gasteiger charge is -2.55. The lowest BCUT2D eigenvalue weighted by Crippen LogP contribution is -2.61. The highest BCUT2D eigenvalue weighted by molar-refractivity contribution is 5.79. The number of nitrogens with zero attached hydrogens (tertiary/aromatic N) is 2. The molecule has 3 heteroatoms. The Hall–Kier alpha value is -0.570. The molecular formula is C27H52N2O. The van der Waals surface area contributed by atoms with E-state index in [1.807, 2.05) is 0 Å². The van der Waals surface area contributed by atoms with Crippen LogP contribution < -0.4 is 0 Å². The maximum absolute atomic E-state index is 13.2. The maximum Gasteiger partial charge on any atom is 0.225 e. The van der Waals surface area contributed by atoms with Crippen LogP contribution in [0.2, 0.25) is 0 Å². The second-order valence-electron chi connectivity index (χ2n) is 10.6. The topological polar surface area (TPSA) is 23.6 Å². The van der Waals surface area contributed by atoms with E-state index in [4.69, 9.17) is 0 Å². The molecule has 2 rings (SSSR count). The van der Waals surface area contributed by atoms with E-state index < -0.39 is 0 Å². The summed E-state index contributed by atoms with van der Waals surface area (Å²) in [6.07, 6.45) is 17.7. The first-order valence-electron chi connectivity index (χ1n) is 13.6. The van der Waals surface area contributed by atoms with E-state index in [0.29, 0.717) is 11.3 Å². The number of unbranched alkanes of at least 4 members (excludes halogenated alkanes) is 4. The van der Waals surface area contributed by atoms with E-state index in [1.165, 1.54) is 96.7 Å². The quantitative estimate of drug-likeness (QED) is 0.269. The zero-order valence-electron chi connectivity index (χ0n) is 20.9. The molecule has 0 aromatic rings. The van der Waals surface area contributed by atoms with Crippen molar-refractivity contribution in [3.8, 4) is 0 Å². The Labute approximate surface area is 188 Å². The molecule has 2 saturated heterocycles. The van der Waals surface area contributed by atoms with Crippen molar-refractivity contribution in [1.82, 2.24) is 9.80 Å². The lowest BCUT2D eigenvalue weighted by atomic mass is 9.71. The Morgan fingerprint density at radius 1 is 0.767 bits per heavy atom. The van der Waals surface area contributed by atoms with Crippen LogP contribution in [0.4, 0.5) is 0 Å². The summed E-state index contributed by atoms with van der Waals surface area (Å²) in [5.74, 6) is 1.67. The van der Waals surface area contributed by atoms with Crippen LogP contribution in [-0.4, -0.2) is 48.4 Å². The summed E-state index contributed by atoms with van der Waals surface area (Å²) in [6.45, 7) is 15.1. The van der Waals surface area contributed by atoms with Gasteiger partial charge in [-0.05, 0) is 49.9 Å². The molecule has 0 aliphatic carbocycles. The van der Waals surface area contributed by atoms with Crippen LogP contribution in [0.25, 0.3) is 0 Å². The van der Waals surface area contributed by atoms with Gasteiger partial charge in [-0.15, -0.1) is 0 Å². The molecule has 0 bridgehead atoms. The van der Waals surface area contributed by atoms with Crippen molar-refractivity contribution in [1.29, 1.82) is 0 Å². The molecule has 0 aromatic carbocycles. The Bertz CT molecular complexity index is 461. The molecule has 0 aromatic heterocycles. The third-order valence-corrected chi connectivity index (χ3v) is 7.84. The number of piperidine rings is 1. The van der Waals surface area contributed by atoms with E-state index in [9.17, 15) is 4.79 Å². The highest BCUT2D eigenvalue weighted by Gasteiger charge is 2.45. The Balaban J connectivity index is 1.76. The summed E-state index contributed by atoms with van der Waals surface area (Å²) < 4.78 is 0. The molecule has 0 saturated carbocycles. The van der Waals surface area contributed by atoms with E-state index >= 15 is 0 Å². The number of hydrogen-bond acceptors (Lipinski definition) is 2. The van der Waals surface area contributed by atoms with Crippen LogP contribution in [0.3, 0.4) is 0 Å². The highest BCUT2D eigenvalue weighted by atomic mass is 16.2. The zero-order valence-corrected chi connectivity index (χ0v) is 20.9. The van der Waals surface area contributed by atoms with Crippen molar-refractivity contribution >= 4 is 5.91 Å². The molecule has 2 atom stereocenters. The second-order valence-corrected chi connectivity index (χ2v) is 10.6. The predicted molar refractivity (Wildman–Crippen MR) is 130 cm³/mol. The third kappa shape index (κ3) is 7.84. The summed E-state index contributed by atoms with van der Waals surface area (Å²) in [7, 11) is 0. The molecule has 0 N–H and O–H groups in total. The molecule has 2 aliphatic rings. The van der Waals surface area contributed by atoms with Gasteiger partial charge < -0.3 is 9.80 Å². The summed E-state index contributed by atoms with van der Waals surface area (Å²) in [5.41, 5.74) is 0.527. The van der Waals surface area contributed by atoms with E-state index in [0.717, 1.165) is 31.8 Å². The minimum Gasteiger partial charge on any atom is -0.342 e. The van der Waals surface area contributed by atoms with Gasteiger partial charge in [0.05, 0.1) is 0 Å². The van der Waals surface area contributed by atoms with E-state index in [1.54, 1.807) is 0 Å². The van der Waals surface area contributed by atoms with Crippen molar-refractivity contribution in [2.24, 2.45) is 17.3 Å². The van der Waals surface area contributed by atoms with Gasteiger partial charge in [0.2, 0.25) is 5.91 Å². The van der Waals surface area contributed by atoms with Gasteiger partial charge in [-0.3, -0.25) is 4.79 Å². The smallest absolute Gasteiger partial charge is 0.225 e. The summed E-state index contributed by atoms with van der Waals surface area (Å²) in [5, 5.41) is 0. The second kappa shape index (κ2) is 13.8. The number of carbonyl (C=O) groups is 1. The Kier molecular flexibility index (Phi) is 11.8. The monoisotopic (exact) mass is 420 g/mol. The lowest BCUT2D eigenvalue weighted by molar-refractivity contribution is -0.141. The van der Waals surface area contributed by atoms with Crippen LogP contribution >= 0.6 is 0 Å². The molecule has 2 heterocycles. The predicted octanol–water partition coefficient (Wildman–Crippen LogP) is 6.90. The minimum atomic E-state index is 0.289. The average molecular weight is 421 g/mol. The first-order valence-corrected chi connectivity index (χ1v) is 13.6. The van der Waals surface area contributed by atoms with Crippen LogP contribution in [0.1, 0.15) is 118 Å². The molecule has 0 radical (unpaired) electrons. The van der Waals surface area contributed by atoms with Crippen LogP contribution in [0, 0.1) is 17.3 Å². The molecule has 1 spiro atoms. The molecule has 1 amide bonds. The standard InChI is InChI=1S/C27H52N2O/c1-5-9-12-16-25(15-11-7-3)26(30)29-19-17-27(18-20-29)22-28(23-27)21-24(13-8-4)14-10-6-2/h24-25H,5-23H2,1-4H3. The number of amides is 1. The average Bonchev–Trinajstić information content (AvgIpc) is 2.73. The first kappa shape index (κ1) is 25.7. The van der Waals surface area contributed by atoms with Crippen LogP contribution in [0.5, 0.6) is 0 Å². The fraction of sp³-hybridized carbons (Fsp3) is 0.963. The SMILES string of the molecule is CCCCCC(CCCC)C(=O)N1CCC2(CC1)CN(CC(CCC)CCCC)C2. The fourth-order valence-corrected chi connectivity index (χ4v) is 5.88. The molecule has 2 unspecified atom stereocenters. The van der Waals surface area contributed by atoms with Crippen molar-refractivity contribution in [2.45, 2.75) is 118 Å². The molecule has 3 nitrogen and oxygen atoms in total. The van der Waals surface area contributed by atoms with Crippen molar-refractivity contribution < 1.29 is 4.79 Å². The van der Waals surface area contributed by atoms with Gasteiger partial charge in [-0.2, -0.15) is 0 Å². The number of carbonyl (C=O) groups excluding carboxylic acids is 1. The third-order valence-electron chi connectivity index (χ3n) is 7.84. The van der Waals surface area contributed by atoms with E-state index in [2.05, 4.69) is 37.5 Å². The van der Waals surface area contributed by atoms with Gasteiger partial charge in [-0.1, -0.05) is 79.1 Å². The maximum atomic E-state index is 13.2. The normalized spacial score (nSPS) is 20.9. The molecule has 30 heavy (non-hydrogen) atoms. The summed E-state index contributed by atoms with van der Waals surface area (Å²) >= 11 is 0. The van der Waals surface area contributed by atoms with Gasteiger partial charge in [-0.25, -0.2) is 0 Å². The molecule has 2 aliphatic heterocycles. The van der Waals surface area contributed by atoms with Crippen LogP contribution in [0.15, 0.2) is 0 Å². The fourth-order valence-electron chi connectivity index (χ4n) is 5.88. The number of likely N-dealkylation sites (tertiary alicyclic amines) is 2. The van der Waals surface area contributed by atoms with Crippen molar-refractivity contribution in [2.75, 3.05) is 32.7 Å². The molecule has 2 fully saturated rings. The molecule has 176 valence electrons.